The van der Waals surface area contributed by atoms with E-state index in [1.54, 1.807) is 12.4 Å². The van der Waals surface area contributed by atoms with Crippen LogP contribution in [0.15, 0.2) is 85.6 Å². The summed E-state index contributed by atoms with van der Waals surface area (Å²) in [6.45, 7) is 4.62. The fourth-order valence-corrected chi connectivity index (χ4v) is 4.73. The van der Waals surface area contributed by atoms with Crippen molar-refractivity contribution in [3.8, 4) is 28.2 Å². The van der Waals surface area contributed by atoms with Crippen molar-refractivity contribution in [1.82, 2.24) is 19.5 Å². The van der Waals surface area contributed by atoms with Crippen LogP contribution in [0.4, 0.5) is 0 Å². The van der Waals surface area contributed by atoms with E-state index in [0.29, 0.717) is 5.82 Å². The Morgan fingerprint density at radius 1 is 0.800 bits per heavy atom. The lowest BCUT2D eigenvalue weighted by molar-refractivity contribution is 0.661. The van der Waals surface area contributed by atoms with Crippen molar-refractivity contribution in [3.05, 3.63) is 96.7 Å². The Balaban J connectivity index is 1.56. The van der Waals surface area contributed by atoms with Crippen LogP contribution in [0.25, 0.3) is 39.1 Å². The normalized spacial score (nSPS) is 13.9. The van der Waals surface area contributed by atoms with Gasteiger partial charge in [0, 0.05) is 40.5 Å². The molecule has 0 radical (unpaired) electrons. The van der Waals surface area contributed by atoms with Gasteiger partial charge in [-0.2, -0.15) is 0 Å². The van der Waals surface area contributed by atoms with Gasteiger partial charge in [0.1, 0.15) is 0 Å². The fraction of sp³-hybridized carbons (Fsp3) is 0.115. The quantitative estimate of drug-likeness (QED) is 0.384. The molecule has 1 aliphatic carbocycles. The molecule has 3 aromatic heterocycles. The number of rotatable bonds is 2. The summed E-state index contributed by atoms with van der Waals surface area (Å²) in [5.74, 6) is 0.703. The second kappa shape index (κ2) is 6.10. The van der Waals surface area contributed by atoms with E-state index in [1.165, 1.54) is 33.2 Å². The molecule has 5 aromatic rings. The van der Waals surface area contributed by atoms with Gasteiger partial charge in [-0.25, -0.2) is 9.97 Å². The van der Waals surface area contributed by atoms with E-state index in [9.17, 15) is 0 Å². The number of pyridine rings is 1. The Hall–Kier alpha value is -3.79. The lowest BCUT2D eigenvalue weighted by atomic mass is 9.82. The fourth-order valence-electron chi connectivity index (χ4n) is 4.73. The molecule has 0 amide bonds. The molecule has 0 aliphatic heterocycles. The van der Waals surface area contributed by atoms with E-state index in [0.717, 1.165) is 11.3 Å². The molecule has 4 heteroatoms. The van der Waals surface area contributed by atoms with Gasteiger partial charge in [0.25, 0.3) is 0 Å². The van der Waals surface area contributed by atoms with Crippen LogP contribution in [0.5, 0.6) is 0 Å². The van der Waals surface area contributed by atoms with Crippen molar-refractivity contribution in [3.63, 3.8) is 0 Å². The number of benzene rings is 2. The minimum Gasteiger partial charge on any atom is -0.313 e. The van der Waals surface area contributed by atoms with Gasteiger partial charge in [0.15, 0.2) is 5.82 Å². The van der Waals surface area contributed by atoms with Gasteiger partial charge in [-0.1, -0.05) is 50.2 Å². The van der Waals surface area contributed by atoms with E-state index >= 15 is 0 Å². The molecular formula is C26H20N4. The lowest BCUT2D eigenvalue weighted by Gasteiger charge is -2.21. The zero-order chi connectivity index (χ0) is 20.3. The van der Waals surface area contributed by atoms with Crippen molar-refractivity contribution < 1.29 is 0 Å². The van der Waals surface area contributed by atoms with E-state index in [4.69, 9.17) is 0 Å². The first kappa shape index (κ1) is 17.1. The van der Waals surface area contributed by atoms with Gasteiger partial charge in [0.2, 0.25) is 0 Å². The summed E-state index contributed by atoms with van der Waals surface area (Å²) in [6, 6.07) is 19.3. The largest absolute Gasteiger partial charge is 0.313 e. The molecule has 0 N–H and O–H groups in total. The highest BCUT2D eigenvalue weighted by atomic mass is 15.0. The molecule has 0 fully saturated rings. The number of hydrogen-bond donors (Lipinski definition) is 0. The highest BCUT2D eigenvalue weighted by Crippen LogP contribution is 2.51. The predicted molar refractivity (Wildman–Crippen MR) is 120 cm³/mol. The second-order valence-corrected chi connectivity index (χ2v) is 8.28. The summed E-state index contributed by atoms with van der Waals surface area (Å²) >= 11 is 0. The Morgan fingerprint density at radius 3 is 2.37 bits per heavy atom. The summed E-state index contributed by atoms with van der Waals surface area (Å²) in [5, 5.41) is 1.22. The van der Waals surface area contributed by atoms with Gasteiger partial charge < -0.3 is 4.57 Å². The van der Waals surface area contributed by atoms with E-state index in [-0.39, 0.29) is 5.41 Å². The third-order valence-corrected chi connectivity index (χ3v) is 6.25. The van der Waals surface area contributed by atoms with Gasteiger partial charge in [0.05, 0.1) is 23.6 Å². The van der Waals surface area contributed by atoms with E-state index < -0.39 is 0 Å². The zero-order valence-electron chi connectivity index (χ0n) is 16.9. The maximum atomic E-state index is 4.62. The van der Waals surface area contributed by atoms with Gasteiger partial charge in [-0.15, -0.1) is 0 Å². The van der Waals surface area contributed by atoms with Crippen LogP contribution < -0.4 is 0 Å². The van der Waals surface area contributed by atoms with Crippen molar-refractivity contribution in [1.29, 1.82) is 0 Å². The van der Waals surface area contributed by atoms with Crippen LogP contribution in [0.2, 0.25) is 0 Å². The first-order valence-electron chi connectivity index (χ1n) is 10.1. The SMILES string of the molecule is CC1(C)c2ccccc2-c2c1ccc1ccn(-c3cnc(-c4ccncc4)nc3)c21. The van der Waals surface area contributed by atoms with Crippen molar-refractivity contribution >= 4 is 10.9 Å². The smallest absolute Gasteiger partial charge is 0.159 e. The molecule has 1 aliphatic rings. The standard InChI is InChI=1S/C26H20N4/c1-26(2)21-6-4-3-5-20(21)23-22(26)8-7-17-11-14-30(24(17)23)19-15-28-25(29-16-19)18-9-12-27-13-10-18/h3-16H,1-2H3. The molecule has 0 bridgehead atoms. The Morgan fingerprint density at radius 2 is 1.57 bits per heavy atom. The molecular weight excluding hydrogens is 368 g/mol. The Bertz CT molecular complexity index is 1400. The van der Waals surface area contributed by atoms with Gasteiger partial charge >= 0.3 is 0 Å². The van der Waals surface area contributed by atoms with Crippen LogP contribution in [-0.4, -0.2) is 19.5 Å². The second-order valence-electron chi connectivity index (χ2n) is 8.28. The summed E-state index contributed by atoms with van der Waals surface area (Å²) in [4.78, 5) is 13.3. The van der Waals surface area contributed by atoms with Gasteiger partial charge in [-0.3, -0.25) is 4.98 Å². The summed E-state index contributed by atoms with van der Waals surface area (Å²) in [7, 11) is 0. The van der Waals surface area contributed by atoms with Crippen LogP contribution in [0.1, 0.15) is 25.0 Å². The zero-order valence-corrected chi connectivity index (χ0v) is 16.9. The summed E-state index contributed by atoms with van der Waals surface area (Å²) in [6.07, 6.45) is 9.42. The maximum absolute atomic E-state index is 4.62. The van der Waals surface area contributed by atoms with Crippen LogP contribution in [0.3, 0.4) is 0 Å². The topological polar surface area (TPSA) is 43.6 Å². The van der Waals surface area contributed by atoms with Crippen molar-refractivity contribution in [2.45, 2.75) is 19.3 Å². The number of nitrogens with zero attached hydrogens (tertiary/aromatic N) is 4. The third-order valence-electron chi connectivity index (χ3n) is 6.25. The summed E-state index contributed by atoms with van der Waals surface area (Å²) in [5.41, 5.74) is 8.50. The first-order chi connectivity index (χ1) is 14.6. The molecule has 0 unspecified atom stereocenters. The highest BCUT2D eigenvalue weighted by molar-refractivity contribution is 6.01. The Labute approximate surface area is 174 Å². The van der Waals surface area contributed by atoms with E-state index in [2.05, 4.69) is 82.0 Å². The average molecular weight is 388 g/mol. The molecule has 0 spiro atoms. The molecule has 2 aromatic carbocycles. The number of hydrogen-bond acceptors (Lipinski definition) is 3. The lowest BCUT2D eigenvalue weighted by Crippen LogP contribution is -2.14. The maximum Gasteiger partial charge on any atom is 0.159 e. The molecule has 144 valence electrons. The van der Waals surface area contributed by atoms with Crippen molar-refractivity contribution in [2.75, 3.05) is 0 Å². The monoisotopic (exact) mass is 388 g/mol. The van der Waals surface area contributed by atoms with Crippen molar-refractivity contribution in [2.24, 2.45) is 0 Å². The molecule has 30 heavy (non-hydrogen) atoms. The molecule has 3 heterocycles. The Kier molecular flexibility index (Phi) is 3.48. The van der Waals surface area contributed by atoms with Crippen LogP contribution in [-0.2, 0) is 5.41 Å². The predicted octanol–water partition coefficient (Wildman–Crippen LogP) is 5.79. The van der Waals surface area contributed by atoms with E-state index in [1.807, 2.05) is 24.5 Å². The molecule has 0 saturated carbocycles. The molecule has 0 saturated heterocycles. The first-order valence-corrected chi connectivity index (χ1v) is 10.1. The minimum absolute atomic E-state index is 0.0169. The molecule has 4 nitrogen and oxygen atoms in total. The number of aromatic nitrogens is 4. The van der Waals surface area contributed by atoms with Gasteiger partial charge in [-0.05, 0) is 34.9 Å². The number of fused-ring (bicyclic) bond motifs is 5. The molecule has 0 atom stereocenters. The van der Waals surface area contributed by atoms with Crippen LogP contribution in [0, 0.1) is 0 Å². The molecule has 6 rings (SSSR count). The minimum atomic E-state index is -0.0169. The average Bonchev–Trinajstić information content (AvgIpc) is 3.32. The van der Waals surface area contributed by atoms with Crippen LogP contribution >= 0.6 is 0 Å². The summed E-state index contributed by atoms with van der Waals surface area (Å²) < 4.78 is 2.21. The highest BCUT2D eigenvalue weighted by Gasteiger charge is 2.36. The third kappa shape index (κ3) is 2.31.